The van der Waals surface area contributed by atoms with Crippen LogP contribution < -0.4 is 5.32 Å². The fourth-order valence-corrected chi connectivity index (χ4v) is 4.47. The first kappa shape index (κ1) is 18.9. The molecule has 0 saturated carbocycles. The van der Waals surface area contributed by atoms with Crippen molar-refractivity contribution < 1.29 is 14.4 Å². The van der Waals surface area contributed by atoms with Crippen molar-refractivity contribution in [2.75, 3.05) is 26.2 Å². The largest absolute Gasteiger partial charge is 0.351 e. The monoisotopic (exact) mass is 377 g/mol. The molecule has 2 saturated heterocycles. The zero-order valence-electron chi connectivity index (χ0n) is 15.3. The Morgan fingerprint density at radius 1 is 1.19 bits per heavy atom. The second-order valence-electron chi connectivity index (χ2n) is 7.14. The van der Waals surface area contributed by atoms with Crippen LogP contribution in [0.25, 0.3) is 0 Å². The molecule has 2 aliphatic heterocycles. The Morgan fingerprint density at radius 3 is 2.65 bits per heavy atom. The number of nitrogens with one attached hydrogen (secondary N) is 1. The number of thiophene rings is 1. The van der Waals surface area contributed by atoms with Gasteiger partial charge >= 0.3 is 0 Å². The smallest absolute Gasteiger partial charge is 0.225 e. The number of nitrogens with zero attached hydrogens (tertiary/aromatic N) is 2. The van der Waals surface area contributed by atoms with Crippen molar-refractivity contribution in [1.29, 1.82) is 0 Å². The number of carbonyl (C=O) groups is 3. The summed E-state index contributed by atoms with van der Waals surface area (Å²) in [5.74, 6) is 0.233. The molecule has 0 aliphatic carbocycles. The average Bonchev–Trinajstić information content (AvgIpc) is 3.22. The molecule has 3 heterocycles. The summed E-state index contributed by atoms with van der Waals surface area (Å²) >= 11 is 1.69. The van der Waals surface area contributed by atoms with E-state index < -0.39 is 0 Å². The average molecular weight is 378 g/mol. The van der Waals surface area contributed by atoms with Crippen molar-refractivity contribution in [2.45, 2.75) is 45.6 Å². The number of amides is 3. The molecule has 0 spiro atoms. The van der Waals surface area contributed by atoms with Gasteiger partial charge in [0.15, 0.2) is 0 Å². The summed E-state index contributed by atoms with van der Waals surface area (Å²) in [5, 5.41) is 3.00. The van der Waals surface area contributed by atoms with E-state index in [1.807, 2.05) is 11.0 Å². The molecule has 1 atom stereocenters. The van der Waals surface area contributed by atoms with E-state index in [9.17, 15) is 14.4 Å². The van der Waals surface area contributed by atoms with E-state index in [2.05, 4.69) is 18.3 Å². The van der Waals surface area contributed by atoms with Crippen molar-refractivity contribution in [3.63, 3.8) is 0 Å². The fraction of sp³-hybridized carbons (Fsp3) is 0.632. The first-order valence-electron chi connectivity index (χ1n) is 9.41. The second kappa shape index (κ2) is 8.66. The molecule has 0 radical (unpaired) electrons. The van der Waals surface area contributed by atoms with Gasteiger partial charge in [0, 0.05) is 48.8 Å². The number of hydrogen-bond donors (Lipinski definition) is 1. The van der Waals surface area contributed by atoms with Gasteiger partial charge in [-0.15, -0.1) is 11.3 Å². The molecule has 142 valence electrons. The molecular weight excluding hydrogens is 350 g/mol. The van der Waals surface area contributed by atoms with Crippen molar-refractivity contribution in [1.82, 2.24) is 15.1 Å². The first-order chi connectivity index (χ1) is 12.5. The number of piperidine rings is 1. The molecule has 2 fully saturated rings. The van der Waals surface area contributed by atoms with E-state index in [0.29, 0.717) is 45.4 Å². The van der Waals surface area contributed by atoms with Crippen LogP contribution in [0, 0.1) is 12.8 Å². The maximum atomic E-state index is 12.5. The van der Waals surface area contributed by atoms with Crippen molar-refractivity contribution >= 4 is 29.1 Å². The molecule has 0 aromatic carbocycles. The number of rotatable bonds is 7. The lowest BCUT2D eigenvalue weighted by molar-refractivity contribution is -0.138. The highest BCUT2D eigenvalue weighted by molar-refractivity contribution is 7.11. The number of carbonyl (C=O) groups excluding carboxylic acids is 3. The van der Waals surface area contributed by atoms with Crippen LogP contribution in [0.2, 0.25) is 0 Å². The topological polar surface area (TPSA) is 69.7 Å². The van der Waals surface area contributed by atoms with E-state index in [4.69, 9.17) is 0 Å². The normalized spacial score (nSPS) is 20.7. The van der Waals surface area contributed by atoms with Crippen LogP contribution in [0.15, 0.2) is 12.1 Å². The van der Waals surface area contributed by atoms with Crippen LogP contribution in [-0.4, -0.2) is 53.7 Å². The zero-order chi connectivity index (χ0) is 18.5. The van der Waals surface area contributed by atoms with Gasteiger partial charge in [0.2, 0.25) is 17.7 Å². The highest BCUT2D eigenvalue weighted by Gasteiger charge is 2.30. The summed E-state index contributed by atoms with van der Waals surface area (Å²) in [6.07, 6.45) is 3.41. The maximum Gasteiger partial charge on any atom is 0.225 e. The van der Waals surface area contributed by atoms with E-state index in [0.717, 1.165) is 24.3 Å². The summed E-state index contributed by atoms with van der Waals surface area (Å²) in [7, 11) is 0. The van der Waals surface area contributed by atoms with E-state index >= 15 is 0 Å². The Balaban J connectivity index is 1.43. The van der Waals surface area contributed by atoms with Crippen LogP contribution in [0.3, 0.4) is 0 Å². The summed E-state index contributed by atoms with van der Waals surface area (Å²) in [6, 6.07) is 4.09. The molecule has 1 N–H and O–H groups in total. The zero-order valence-corrected chi connectivity index (χ0v) is 16.1. The molecule has 2 aliphatic rings. The van der Waals surface area contributed by atoms with Crippen LogP contribution >= 0.6 is 11.3 Å². The molecule has 1 aromatic rings. The highest BCUT2D eigenvalue weighted by Crippen LogP contribution is 2.20. The van der Waals surface area contributed by atoms with Gasteiger partial charge in [0.1, 0.15) is 0 Å². The third-order valence-corrected chi connectivity index (χ3v) is 6.13. The maximum absolute atomic E-state index is 12.5. The van der Waals surface area contributed by atoms with Gasteiger partial charge in [-0.1, -0.05) is 0 Å². The molecule has 0 bridgehead atoms. The third kappa shape index (κ3) is 4.84. The fourth-order valence-electron chi connectivity index (χ4n) is 3.64. The predicted octanol–water partition coefficient (Wildman–Crippen LogP) is 1.92. The van der Waals surface area contributed by atoms with Crippen molar-refractivity contribution in [2.24, 2.45) is 5.92 Å². The van der Waals surface area contributed by atoms with E-state index in [-0.39, 0.29) is 23.6 Å². The van der Waals surface area contributed by atoms with Crippen LogP contribution in [0.5, 0.6) is 0 Å². The highest BCUT2D eigenvalue weighted by atomic mass is 32.1. The summed E-state index contributed by atoms with van der Waals surface area (Å²) < 4.78 is 0. The summed E-state index contributed by atoms with van der Waals surface area (Å²) in [6.45, 7) is 5.25. The minimum atomic E-state index is -0.137. The first-order valence-corrected chi connectivity index (χ1v) is 10.2. The Morgan fingerprint density at radius 2 is 1.96 bits per heavy atom. The second-order valence-corrected chi connectivity index (χ2v) is 8.52. The Hall–Kier alpha value is -1.89. The van der Waals surface area contributed by atoms with E-state index in [1.54, 1.807) is 16.2 Å². The molecular formula is C19H27N3O3S. The van der Waals surface area contributed by atoms with Gasteiger partial charge in [-0.05, 0) is 38.3 Å². The SMILES string of the molecule is Cc1ccc(CNC(=O)[C@@H]2CCC(=O)N(CCCN3CCCC3=O)C2)s1. The van der Waals surface area contributed by atoms with Crippen LogP contribution in [0.4, 0.5) is 0 Å². The molecule has 0 unspecified atom stereocenters. The molecule has 3 amide bonds. The van der Waals surface area contributed by atoms with Crippen molar-refractivity contribution in [3.05, 3.63) is 21.9 Å². The van der Waals surface area contributed by atoms with Gasteiger partial charge in [0.05, 0.1) is 12.5 Å². The predicted molar refractivity (Wildman–Crippen MR) is 101 cm³/mol. The summed E-state index contributed by atoms with van der Waals surface area (Å²) in [4.78, 5) is 42.3. The van der Waals surface area contributed by atoms with E-state index in [1.165, 1.54) is 4.88 Å². The number of hydrogen-bond acceptors (Lipinski definition) is 4. The van der Waals surface area contributed by atoms with Gasteiger partial charge in [-0.25, -0.2) is 0 Å². The lowest BCUT2D eigenvalue weighted by Crippen LogP contribution is -2.46. The molecule has 7 heteroatoms. The van der Waals surface area contributed by atoms with Gasteiger partial charge in [-0.3, -0.25) is 14.4 Å². The molecule has 3 rings (SSSR count). The quantitative estimate of drug-likeness (QED) is 0.789. The van der Waals surface area contributed by atoms with Crippen molar-refractivity contribution in [3.8, 4) is 0 Å². The minimum absolute atomic E-state index is 0.0308. The van der Waals surface area contributed by atoms with Gasteiger partial charge in [0.25, 0.3) is 0 Å². The van der Waals surface area contributed by atoms with Crippen LogP contribution in [-0.2, 0) is 20.9 Å². The van der Waals surface area contributed by atoms with Gasteiger partial charge < -0.3 is 15.1 Å². The molecule has 1 aromatic heterocycles. The Bertz CT molecular complexity index is 673. The Labute approximate surface area is 158 Å². The lowest BCUT2D eigenvalue weighted by Gasteiger charge is -2.32. The van der Waals surface area contributed by atoms with Crippen LogP contribution in [0.1, 0.15) is 41.9 Å². The third-order valence-electron chi connectivity index (χ3n) is 5.13. The van der Waals surface area contributed by atoms with Gasteiger partial charge in [-0.2, -0.15) is 0 Å². The summed E-state index contributed by atoms with van der Waals surface area (Å²) in [5.41, 5.74) is 0. The molecule has 6 nitrogen and oxygen atoms in total. The molecule has 26 heavy (non-hydrogen) atoms. The minimum Gasteiger partial charge on any atom is -0.351 e. The standard InChI is InChI=1S/C19H27N3O3S/c1-14-5-7-16(26-14)12-20-19(25)15-6-8-18(24)22(13-15)11-3-10-21-9-2-4-17(21)23/h5,7,15H,2-4,6,8-13H2,1H3,(H,20,25)/t15-/m1/s1. The number of likely N-dealkylation sites (tertiary alicyclic amines) is 2. The Kier molecular flexibility index (Phi) is 6.29. The lowest BCUT2D eigenvalue weighted by atomic mass is 9.96. The number of aryl methyl sites for hydroxylation is 1.